The van der Waals surface area contributed by atoms with Crippen LogP contribution in [0.15, 0.2) is 38.4 Å². The Morgan fingerprint density at radius 1 is 1.29 bits per heavy atom. The van der Waals surface area contributed by atoms with E-state index in [2.05, 4.69) is 15.1 Å². The fourth-order valence-corrected chi connectivity index (χ4v) is 2.78. The summed E-state index contributed by atoms with van der Waals surface area (Å²) in [6.45, 7) is -0.0813. The first-order chi connectivity index (χ1) is 11.1. The summed E-state index contributed by atoms with van der Waals surface area (Å²) in [5.41, 5.74) is 5.20. The van der Waals surface area contributed by atoms with Crippen LogP contribution in [0.4, 0.5) is 0 Å². The Bertz CT molecular complexity index is 1000. The van der Waals surface area contributed by atoms with Gasteiger partial charge in [0.2, 0.25) is 5.89 Å². The van der Waals surface area contributed by atoms with Crippen LogP contribution >= 0.6 is 12.4 Å². The number of benzene rings is 1. The molecule has 1 fully saturated rings. The highest BCUT2D eigenvalue weighted by molar-refractivity contribution is 5.85. The second kappa shape index (κ2) is 5.88. The Labute approximate surface area is 142 Å². The smallest absolute Gasteiger partial charge is 0.329 e. The van der Waals surface area contributed by atoms with Crippen molar-refractivity contribution >= 4 is 23.3 Å². The van der Waals surface area contributed by atoms with E-state index in [0.29, 0.717) is 16.7 Å². The lowest BCUT2D eigenvalue weighted by atomic mass is 9.77. The molecule has 0 aliphatic heterocycles. The summed E-state index contributed by atoms with van der Waals surface area (Å²) >= 11 is 0. The normalized spacial score (nSPS) is 15.7. The molecule has 3 N–H and O–H groups in total. The molecule has 3 aromatic rings. The molecule has 4 rings (SSSR count). The fraction of sp³-hybridized carbons (Fsp3) is 0.333. The standard InChI is InChI=1S/C15H15N5O3.ClH/c16-15(6-3-7-15)13-18-11(23-19-13)8-20-12(21)9-4-1-2-5-10(9)17-14(20)22;/h1-2,4-5H,3,6-8,16H2,(H,17,22);1H. The zero-order valence-corrected chi connectivity index (χ0v) is 13.5. The lowest BCUT2D eigenvalue weighted by Gasteiger charge is -2.34. The predicted octanol–water partition coefficient (Wildman–Crippen LogP) is 0.881. The molecule has 0 radical (unpaired) electrons. The van der Waals surface area contributed by atoms with Crippen LogP contribution in [0, 0.1) is 0 Å². The number of nitrogens with zero attached hydrogens (tertiary/aromatic N) is 3. The number of hydrogen-bond donors (Lipinski definition) is 2. The molecule has 1 saturated carbocycles. The van der Waals surface area contributed by atoms with Gasteiger partial charge in [-0.3, -0.25) is 9.36 Å². The number of H-pyrrole nitrogens is 1. The Hall–Kier alpha value is -2.45. The van der Waals surface area contributed by atoms with Gasteiger partial charge in [-0.2, -0.15) is 4.98 Å². The predicted molar refractivity (Wildman–Crippen MR) is 89.2 cm³/mol. The number of fused-ring (bicyclic) bond motifs is 1. The molecular formula is C15H16ClN5O3. The maximum Gasteiger partial charge on any atom is 0.329 e. The minimum absolute atomic E-state index is 0. The highest BCUT2D eigenvalue weighted by Gasteiger charge is 2.39. The van der Waals surface area contributed by atoms with Gasteiger partial charge in [0.25, 0.3) is 5.56 Å². The first kappa shape index (κ1) is 16.4. The Morgan fingerprint density at radius 3 is 2.75 bits per heavy atom. The molecule has 24 heavy (non-hydrogen) atoms. The van der Waals surface area contributed by atoms with Gasteiger partial charge in [0.15, 0.2) is 5.82 Å². The Kier molecular flexibility index (Phi) is 4.02. The molecule has 9 heteroatoms. The summed E-state index contributed by atoms with van der Waals surface area (Å²) < 4.78 is 6.20. The molecule has 0 saturated heterocycles. The molecule has 8 nitrogen and oxygen atoms in total. The van der Waals surface area contributed by atoms with Crippen molar-refractivity contribution in [2.75, 3.05) is 0 Å². The van der Waals surface area contributed by atoms with Crippen LogP contribution in [0.1, 0.15) is 31.0 Å². The number of halogens is 1. The van der Waals surface area contributed by atoms with Gasteiger partial charge in [-0.1, -0.05) is 17.3 Å². The summed E-state index contributed by atoms with van der Waals surface area (Å²) in [7, 11) is 0. The third-order valence-electron chi connectivity index (χ3n) is 4.34. The van der Waals surface area contributed by atoms with E-state index in [1.807, 2.05) is 0 Å². The van der Waals surface area contributed by atoms with Crippen LogP contribution in [0.5, 0.6) is 0 Å². The van der Waals surface area contributed by atoms with Crippen molar-refractivity contribution in [3.05, 3.63) is 56.8 Å². The van der Waals surface area contributed by atoms with Crippen molar-refractivity contribution in [1.82, 2.24) is 19.7 Å². The van der Waals surface area contributed by atoms with Gasteiger partial charge in [0.1, 0.15) is 6.54 Å². The molecule has 2 aromatic heterocycles. The van der Waals surface area contributed by atoms with E-state index in [9.17, 15) is 9.59 Å². The van der Waals surface area contributed by atoms with E-state index in [0.717, 1.165) is 23.8 Å². The van der Waals surface area contributed by atoms with E-state index in [1.165, 1.54) is 0 Å². The van der Waals surface area contributed by atoms with Crippen LogP contribution in [0.25, 0.3) is 10.9 Å². The Balaban J connectivity index is 0.00000169. The SMILES string of the molecule is Cl.NC1(c2noc(Cn3c(=O)[nH]c4ccccc4c3=O)n2)CCC1. The van der Waals surface area contributed by atoms with Crippen LogP contribution in [0.2, 0.25) is 0 Å². The largest absolute Gasteiger partial charge is 0.337 e. The van der Waals surface area contributed by atoms with Crippen molar-refractivity contribution in [1.29, 1.82) is 0 Å². The molecule has 0 atom stereocenters. The topological polar surface area (TPSA) is 120 Å². The summed E-state index contributed by atoms with van der Waals surface area (Å²) in [4.78, 5) is 31.5. The molecule has 1 aliphatic rings. The molecule has 1 aliphatic carbocycles. The van der Waals surface area contributed by atoms with Crippen molar-refractivity contribution in [2.24, 2.45) is 5.73 Å². The van der Waals surface area contributed by atoms with E-state index >= 15 is 0 Å². The zero-order chi connectivity index (χ0) is 16.0. The van der Waals surface area contributed by atoms with Crippen LogP contribution in [0.3, 0.4) is 0 Å². The highest BCUT2D eigenvalue weighted by Crippen LogP contribution is 2.36. The monoisotopic (exact) mass is 349 g/mol. The van der Waals surface area contributed by atoms with Crippen molar-refractivity contribution in [3.8, 4) is 0 Å². The van der Waals surface area contributed by atoms with Crippen molar-refractivity contribution < 1.29 is 4.52 Å². The lowest BCUT2D eigenvalue weighted by molar-refractivity contribution is 0.228. The first-order valence-electron chi connectivity index (χ1n) is 7.41. The van der Waals surface area contributed by atoms with Gasteiger partial charge in [0, 0.05) is 0 Å². The van der Waals surface area contributed by atoms with Gasteiger partial charge in [-0.15, -0.1) is 12.4 Å². The summed E-state index contributed by atoms with van der Waals surface area (Å²) in [5, 5.41) is 4.32. The third-order valence-corrected chi connectivity index (χ3v) is 4.34. The van der Waals surface area contributed by atoms with Gasteiger partial charge in [-0.25, -0.2) is 4.79 Å². The first-order valence-corrected chi connectivity index (χ1v) is 7.41. The number of rotatable bonds is 3. The summed E-state index contributed by atoms with van der Waals surface area (Å²) in [6, 6.07) is 6.84. The second-order valence-electron chi connectivity index (χ2n) is 5.89. The minimum atomic E-state index is -0.539. The molecule has 0 amide bonds. The van der Waals surface area contributed by atoms with Gasteiger partial charge in [-0.05, 0) is 31.4 Å². The number of aromatic nitrogens is 4. The molecule has 0 unspecified atom stereocenters. The highest BCUT2D eigenvalue weighted by atomic mass is 35.5. The minimum Gasteiger partial charge on any atom is -0.337 e. The lowest BCUT2D eigenvalue weighted by Crippen LogP contribution is -2.44. The van der Waals surface area contributed by atoms with Gasteiger partial charge < -0.3 is 15.2 Å². The molecule has 0 bridgehead atoms. The van der Waals surface area contributed by atoms with Gasteiger partial charge >= 0.3 is 5.69 Å². The Morgan fingerprint density at radius 2 is 2.04 bits per heavy atom. The maximum absolute atomic E-state index is 12.5. The number of nitrogens with one attached hydrogen (secondary N) is 1. The van der Waals surface area contributed by atoms with E-state index in [-0.39, 0.29) is 24.8 Å². The van der Waals surface area contributed by atoms with E-state index in [1.54, 1.807) is 24.3 Å². The molecule has 126 valence electrons. The average molecular weight is 350 g/mol. The maximum atomic E-state index is 12.5. The van der Waals surface area contributed by atoms with Crippen molar-refractivity contribution in [2.45, 2.75) is 31.3 Å². The number of nitrogens with two attached hydrogens (primary N) is 1. The van der Waals surface area contributed by atoms with Crippen molar-refractivity contribution in [3.63, 3.8) is 0 Å². The third kappa shape index (κ3) is 2.53. The van der Waals surface area contributed by atoms with Crippen LogP contribution < -0.4 is 17.0 Å². The second-order valence-corrected chi connectivity index (χ2v) is 5.89. The number of para-hydroxylation sites is 1. The number of aromatic amines is 1. The summed E-state index contributed by atoms with van der Waals surface area (Å²) in [6.07, 6.45) is 2.65. The molecule has 1 aromatic carbocycles. The van der Waals surface area contributed by atoms with Gasteiger partial charge in [0.05, 0.1) is 16.4 Å². The molecule has 0 spiro atoms. The van der Waals surface area contributed by atoms with Crippen LogP contribution in [-0.2, 0) is 12.1 Å². The molecular weight excluding hydrogens is 334 g/mol. The van der Waals surface area contributed by atoms with E-state index < -0.39 is 16.8 Å². The fourth-order valence-electron chi connectivity index (χ4n) is 2.78. The molecule has 2 heterocycles. The summed E-state index contributed by atoms with van der Waals surface area (Å²) in [5.74, 6) is 0.628. The average Bonchev–Trinajstić information content (AvgIpc) is 2.98. The number of hydrogen-bond acceptors (Lipinski definition) is 6. The zero-order valence-electron chi connectivity index (χ0n) is 12.7. The van der Waals surface area contributed by atoms with Crippen LogP contribution in [-0.4, -0.2) is 19.7 Å². The van der Waals surface area contributed by atoms with E-state index in [4.69, 9.17) is 10.3 Å². The quantitative estimate of drug-likeness (QED) is 0.724.